The summed E-state index contributed by atoms with van der Waals surface area (Å²) in [6, 6.07) is 8.37. The molecule has 1 aliphatic carbocycles. The molecule has 1 aromatic rings. The van der Waals surface area contributed by atoms with Gasteiger partial charge in [-0.15, -0.1) is 0 Å². The number of esters is 1. The van der Waals surface area contributed by atoms with E-state index in [4.69, 9.17) is 9.47 Å². The fourth-order valence-corrected chi connectivity index (χ4v) is 4.50. The summed E-state index contributed by atoms with van der Waals surface area (Å²) < 4.78 is 50.9. The van der Waals surface area contributed by atoms with E-state index in [2.05, 4.69) is 0 Å². The van der Waals surface area contributed by atoms with Crippen molar-refractivity contribution in [2.75, 3.05) is 26.7 Å². The highest BCUT2D eigenvalue weighted by molar-refractivity contribution is 5.84. The third-order valence-electron chi connectivity index (χ3n) is 6.35. The Morgan fingerprint density at radius 3 is 2.18 bits per heavy atom. The minimum Gasteiger partial charge on any atom is -0.469 e. The van der Waals surface area contributed by atoms with Crippen molar-refractivity contribution in [1.29, 1.82) is 0 Å². The molecule has 0 N–H and O–H groups in total. The van der Waals surface area contributed by atoms with Crippen LogP contribution in [0.15, 0.2) is 30.3 Å². The van der Waals surface area contributed by atoms with Crippen molar-refractivity contribution in [1.82, 2.24) is 9.80 Å². The molecule has 0 spiro atoms. The molecule has 2 unspecified atom stereocenters. The Bertz CT molecular complexity index is 905. The number of benzene rings is 1. The van der Waals surface area contributed by atoms with Crippen molar-refractivity contribution in [3.05, 3.63) is 35.9 Å². The number of rotatable bonds is 5. The maximum atomic E-state index is 13.5. The molecule has 0 aromatic heterocycles. The van der Waals surface area contributed by atoms with Crippen molar-refractivity contribution in [2.24, 2.45) is 5.41 Å². The largest absolute Gasteiger partial charge is 0.471 e. The van der Waals surface area contributed by atoms with Crippen molar-refractivity contribution >= 4 is 18.0 Å². The van der Waals surface area contributed by atoms with Gasteiger partial charge in [0, 0.05) is 31.6 Å². The molecule has 2 fully saturated rings. The third-order valence-corrected chi connectivity index (χ3v) is 6.35. The zero-order valence-electron chi connectivity index (χ0n) is 19.9. The standard InChI is InChI=1S/C24H31F3N2O5/c1-22(2,3)34-21(32)28-12-10-23(11-13-28,20(31)33-4)15-29(19(30)24(25,26)27)18-14-17(18)16-8-6-5-7-9-16/h5-9,17-18H,10-15H2,1-4H3. The molecule has 10 heteroatoms. The van der Waals surface area contributed by atoms with Crippen molar-refractivity contribution in [2.45, 2.75) is 63.8 Å². The number of halogens is 3. The summed E-state index contributed by atoms with van der Waals surface area (Å²) in [5.74, 6) is -2.88. The van der Waals surface area contributed by atoms with E-state index >= 15 is 0 Å². The normalized spacial score (nSPS) is 22.0. The van der Waals surface area contributed by atoms with Crippen LogP contribution in [0.25, 0.3) is 0 Å². The molecule has 7 nitrogen and oxygen atoms in total. The van der Waals surface area contributed by atoms with E-state index in [0.717, 1.165) is 10.5 Å². The van der Waals surface area contributed by atoms with Gasteiger partial charge in [-0.2, -0.15) is 13.2 Å². The fourth-order valence-electron chi connectivity index (χ4n) is 4.50. The highest BCUT2D eigenvalue weighted by Crippen LogP contribution is 2.48. The Hall–Kier alpha value is -2.78. The molecule has 2 aliphatic rings. The summed E-state index contributed by atoms with van der Waals surface area (Å²) in [6.45, 7) is 4.97. The van der Waals surface area contributed by atoms with Gasteiger partial charge < -0.3 is 19.3 Å². The lowest BCUT2D eigenvalue weighted by atomic mass is 9.77. The first kappa shape index (κ1) is 25.8. The van der Waals surface area contributed by atoms with E-state index in [0.29, 0.717) is 6.42 Å². The van der Waals surface area contributed by atoms with Gasteiger partial charge >= 0.3 is 24.1 Å². The smallest absolute Gasteiger partial charge is 0.469 e. The zero-order valence-corrected chi connectivity index (χ0v) is 19.9. The minimum absolute atomic E-state index is 0.0588. The van der Waals surface area contributed by atoms with Crippen LogP contribution in [0.3, 0.4) is 0 Å². The first-order valence-corrected chi connectivity index (χ1v) is 11.3. The predicted octanol–water partition coefficient (Wildman–Crippen LogP) is 4.12. The van der Waals surface area contributed by atoms with E-state index < -0.39 is 47.7 Å². The Labute approximate surface area is 197 Å². The summed E-state index contributed by atoms with van der Waals surface area (Å²) in [4.78, 5) is 39.9. The van der Waals surface area contributed by atoms with Gasteiger partial charge in [-0.25, -0.2) is 4.79 Å². The lowest BCUT2D eigenvalue weighted by Gasteiger charge is -2.42. The van der Waals surface area contributed by atoms with Gasteiger partial charge in [-0.05, 0) is 45.6 Å². The van der Waals surface area contributed by atoms with Crippen LogP contribution < -0.4 is 0 Å². The summed E-state index contributed by atoms with van der Waals surface area (Å²) in [5, 5.41) is 0. The number of piperidine rings is 1. The number of methoxy groups -OCH3 is 1. The summed E-state index contributed by atoms with van der Waals surface area (Å²) in [6.07, 6.45) is -5.13. The minimum atomic E-state index is -5.07. The first-order valence-electron chi connectivity index (χ1n) is 11.3. The van der Waals surface area contributed by atoms with Crippen LogP contribution in [0.1, 0.15) is 51.5 Å². The van der Waals surface area contributed by atoms with Crippen LogP contribution in [-0.2, 0) is 19.1 Å². The van der Waals surface area contributed by atoms with Crippen LogP contribution >= 0.6 is 0 Å². The van der Waals surface area contributed by atoms with Crippen molar-refractivity contribution in [3.63, 3.8) is 0 Å². The molecule has 0 radical (unpaired) electrons. The molecule has 188 valence electrons. The van der Waals surface area contributed by atoms with Gasteiger partial charge in [0.1, 0.15) is 5.60 Å². The van der Waals surface area contributed by atoms with E-state index in [1.54, 1.807) is 32.9 Å². The number of likely N-dealkylation sites (tertiary alicyclic amines) is 1. The number of alkyl halides is 3. The van der Waals surface area contributed by atoms with Gasteiger partial charge in [-0.3, -0.25) is 9.59 Å². The Kier molecular flexibility index (Phi) is 7.19. The maximum absolute atomic E-state index is 13.5. The molecule has 1 aromatic carbocycles. The molecule has 2 atom stereocenters. The molecule has 34 heavy (non-hydrogen) atoms. The number of hydrogen-bond donors (Lipinski definition) is 0. The van der Waals surface area contributed by atoms with Gasteiger partial charge in [0.25, 0.3) is 0 Å². The fraction of sp³-hybridized carbons (Fsp3) is 0.625. The molecule has 1 saturated heterocycles. The molecule has 1 aliphatic heterocycles. The number of carbonyl (C=O) groups is 3. The number of amides is 2. The second-order valence-corrected chi connectivity index (χ2v) is 9.99. The quantitative estimate of drug-likeness (QED) is 0.588. The topological polar surface area (TPSA) is 76.2 Å². The molecule has 3 rings (SSSR count). The van der Waals surface area contributed by atoms with Crippen LogP contribution in [0.5, 0.6) is 0 Å². The van der Waals surface area contributed by atoms with Crippen LogP contribution in [0.2, 0.25) is 0 Å². The number of nitrogens with zero attached hydrogens (tertiary/aromatic N) is 2. The van der Waals surface area contributed by atoms with Crippen molar-refractivity contribution < 1.29 is 37.0 Å². The Morgan fingerprint density at radius 1 is 1.09 bits per heavy atom. The lowest BCUT2D eigenvalue weighted by Crippen LogP contribution is -2.55. The summed E-state index contributed by atoms with van der Waals surface area (Å²) in [7, 11) is 1.17. The van der Waals surface area contributed by atoms with Gasteiger partial charge in [0.15, 0.2) is 0 Å². The molecular weight excluding hydrogens is 453 g/mol. The van der Waals surface area contributed by atoms with Gasteiger partial charge in [0.05, 0.1) is 12.5 Å². The molecular formula is C24H31F3N2O5. The summed E-state index contributed by atoms with van der Waals surface area (Å²) in [5.41, 5.74) is -1.21. The highest BCUT2D eigenvalue weighted by Gasteiger charge is 2.56. The highest BCUT2D eigenvalue weighted by atomic mass is 19.4. The second kappa shape index (κ2) is 9.46. The average molecular weight is 485 g/mol. The second-order valence-electron chi connectivity index (χ2n) is 9.99. The number of hydrogen-bond acceptors (Lipinski definition) is 5. The first-order chi connectivity index (χ1) is 15.8. The van der Waals surface area contributed by atoms with Crippen LogP contribution in [0, 0.1) is 5.41 Å². The van der Waals surface area contributed by atoms with Crippen LogP contribution in [-0.4, -0.2) is 72.3 Å². The number of ether oxygens (including phenoxy) is 2. The molecule has 1 heterocycles. The van der Waals surface area contributed by atoms with E-state index in [1.165, 1.54) is 12.0 Å². The zero-order chi connectivity index (χ0) is 25.3. The average Bonchev–Trinajstić information content (AvgIpc) is 3.56. The third kappa shape index (κ3) is 5.82. The Balaban J connectivity index is 1.81. The SMILES string of the molecule is COC(=O)C1(CN(C(=O)C(F)(F)F)C2CC2c2ccccc2)CCN(C(=O)OC(C)(C)C)CC1. The lowest BCUT2D eigenvalue weighted by molar-refractivity contribution is -0.189. The van der Waals surface area contributed by atoms with Gasteiger partial charge in [0.2, 0.25) is 0 Å². The van der Waals surface area contributed by atoms with E-state index in [1.807, 2.05) is 18.2 Å². The molecule has 2 amide bonds. The maximum Gasteiger partial charge on any atom is 0.471 e. The monoisotopic (exact) mass is 484 g/mol. The molecule has 0 bridgehead atoms. The Morgan fingerprint density at radius 2 is 1.68 bits per heavy atom. The number of carbonyl (C=O) groups excluding carboxylic acids is 3. The van der Waals surface area contributed by atoms with Crippen LogP contribution in [0.4, 0.5) is 18.0 Å². The van der Waals surface area contributed by atoms with E-state index in [-0.39, 0.29) is 31.8 Å². The molecule has 1 saturated carbocycles. The van der Waals surface area contributed by atoms with Gasteiger partial charge in [-0.1, -0.05) is 30.3 Å². The summed E-state index contributed by atoms with van der Waals surface area (Å²) >= 11 is 0. The predicted molar refractivity (Wildman–Crippen MR) is 117 cm³/mol. The van der Waals surface area contributed by atoms with Crippen molar-refractivity contribution in [3.8, 4) is 0 Å². The van der Waals surface area contributed by atoms with E-state index in [9.17, 15) is 27.6 Å².